The highest BCUT2D eigenvalue weighted by atomic mass is 32.2. The number of carbonyl (C=O) groups is 2. The molecule has 0 bridgehead atoms. The van der Waals surface area contributed by atoms with Crippen LogP contribution < -0.4 is 10.6 Å². The maximum absolute atomic E-state index is 11.3. The molecule has 0 unspecified atom stereocenters. The van der Waals surface area contributed by atoms with E-state index in [4.69, 9.17) is 4.74 Å². The Hall–Kier alpha value is -0.910. The van der Waals surface area contributed by atoms with Crippen LogP contribution in [0.3, 0.4) is 0 Å². The number of ether oxygens (including phenoxy) is 1. The fourth-order valence-electron chi connectivity index (χ4n) is 1.46. The summed E-state index contributed by atoms with van der Waals surface area (Å²) in [6, 6.07) is 0.282. The summed E-state index contributed by atoms with van der Waals surface area (Å²) in [6.45, 7) is 8.02. The van der Waals surface area contributed by atoms with Crippen LogP contribution in [0.25, 0.3) is 0 Å². The van der Waals surface area contributed by atoms with Gasteiger partial charge < -0.3 is 15.4 Å². The SMILES string of the molecule is C[C@@H]1C(=O)N[C@H]1CSCCNC(=O)OC(C)(C)C. The van der Waals surface area contributed by atoms with Gasteiger partial charge in [0.05, 0.1) is 5.92 Å². The van der Waals surface area contributed by atoms with Crippen LogP contribution in [-0.4, -0.2) is 41.7 Å². The zero-order chi connectivity index (χ0) is 13.8. The minimum atomic E-state index is -0.455. The number of β-lactam (4-membered cyclic amide) rings is 1. The average Bonchev–Trinajstić information content (AvgIpc) is 2.24. The quantitative estimate of drug-likeness (QED) is 0.587. The molecule has 1 aliphatic heterocycles. The molecule has 5 nitrogen and oxygen atoms in total. The monoisotopic (exact) mass is 274 g/mol. The first-order valence-electron chi connectivity index (χ1n) is 6.14. The van der Waals surface area contributed by atoms with Crippen molar-refractivity contribution < 1.29 is 14.3 Å². The molecular formula is C12H22N2O3S. The number of hydrogen-bond acceptors (Lipinski definition) is 4. The van der Waals surface area contributed by atoms with Crippen molar-refractivity contribution in [3.8, 4) is 0 Å². The Balaban J connectivity index is 1.99. The molecule has 1 saturated heterocycles. The van der Waals surface area contributed by atoms with Crippen molar-refractivity contribution in [2.24, 2.45) is 5.92 Å². The number of rotatable bonds is 5. The molecule has 104 valence electrons. The summed E-state index contributed by atoms with van der Waals surface area (Å²) in [4.78, 5) is 22.3. The predicted octanol–water partition coefficient (Wildman–Crippen LogP) is 1.38. The largest absolute Gasteiger partial charge is 0.444 e. The molecule has 1 fully saturated rings. The third kappa shape index (κ3) is 5.16. The van der Waals surface area contributed by atoms with E-state index in [1.807, 2.05) is 27.7 Å². The first-order chi connectivity index (χ1) is 8.29. The number of amides is 2. The zero-order valence-electron chi connectivity index (χ0n) is 11.4. The number of hydrogen-bond donors (Lipinski definition) is 2. The first-order valence-corrected chi connectivity index (χ1v) is 7.30. The van der Waals surface area contributed by atoms with Gasteiger partial charge in [0.15, 0.2) is 0 Å². The van der Waals surface area contributed by atoms with Crippen LogP contribution in [0.5, 0.6) is 0 Å². The Labute approximate surface area is 112 Å². The van der Waals surface area contributed by atoms with Gasteiger partial charge in [0, 0.05) is 24.1 Å². The first kappa shape index (κ1) is 15.1. The third-order valence-electron chi connectivity index (χ3n) is 2.56. The summed E-state index contributed by atoms with van der Waals surface area (Å²) >= 11 is 1.72. The number of nitrogens with one attached hydrogen (secondary N) is 2. The van der Waals surface area contributed by atoms with Crippen LogP contribution in [0.4, 0.5) is 4.79 Å². The Kier molecular flexibility index (Phi) is 5.31. The second kappa shape index (κ2) is 6.31. The summed E-state index contributed by atoms with van der Waals surface area (Å²) < 4.78 is 5.11. The second-order valence-electron chi connectivity index (χ2n) is 5.41. The van der Waals surface area contributed by atoms with Gasteiger partial charge in [-0.3, -0.25) is 4.79 Å². The molecule has 2 amide bonds. The Morgan fingerprint density at radius 2 is 2.17 bits per heavy atom. The van der Waals surface area contributed by atoms with E-state index < -0.39 is 5.60 Å². The molecule has 0 aliphatic carbocycles. The van der Waals surface area contributed by atoms with E-state index in [1.54, 1.807) is 11.8 Å². The Bertz CT molecular complexity index is 315. The molecular weight excluding hydrogens is 252 g/mol. The molecule has 6 heteroatoms. The molecule has 0 saturated carbocycles. The van der Waals surface area contributed by atoms with Gasteiger partial charge in [0.25, 0.3) is 0 Å². The molecule has 0 aromatic rings. The standard InChI is InChI=1S/C12H22N2O3S/c1-8-9(14-10(8)15)7-18-6-5-13-11(16)17-12(2,3)4/h8-9H,5-7H2,1-4H3,(H,13,16)(H,14,15)/t8-,9-/m0/s1. The van der Waals surface area contributed by atoms with Crippen LogP contribution in [0.15, 0.2) is 0 Å². The van der Waals surface area contributed by atoms with Gasteiger partial charge in [-0.15, -0.1) is 0 Å². The summed E-state index contributed by atoms with van der Waals surface area (Å²) in [5.41, 5.74) is -0.455. The molecule has 1 aliphatic rings. The smallest absolute Gasteiger partial charge is 0.407 e. The molecule has 0 aromatic carbocycles. The predicted molar refractivity (Wildman–Crippen MR) is 72.7 cm³/mol. The summed E-state index contributed by atoms with van der Waals surface area (Å²) in [6.07, 6.45) is -0.381. The number of alkyl carbamates (subject to hydrolysis) is 1. The van der Waals surface area contributed by atoms with Crippen LogP contribution in [0.1, 0.15) is 27.7 Å². The van der Waals surface area contributed by atoms with Crippen molar-refractivity contribution in [2.75, 3.05) is 18.1 Å². The van der Waals surface area contributed by atoms with Crippen molar-refractivity contribution in [3.05, 3.63) is 0 Å². The highest BCUT2D eigenvalue weighted by Crippen LogP contribution is 2.18. The third-order valence-corrected chi connectivity index (χ3v) is 3.64. The van der Waals surface area contributed by atoms with E-state index in [9.17, 15) is 9.59 Å². The lowest BCUT2D eigenvalue weighted by Crippen LogP contribution is -2.58. The molecule has 2 N–H and O–H groups in total. The van der Waals surface area contributed by atoms with Crippen molar-refractivity contribution in [3.63, 3.8) is 0 Å². The van der Waals surface area contributed by atoms with Crippen molar-refractivity contribution in [2.45, 2.75) is 39.3 Å². The fraction of sp³-hybridized carbons (Fsp3) is 0.833. The lowest BCUT2D eigenvalue weighted by molar-refractivity contribution is -0.133. The summed E-state index contributed by atoms with van der Waals surface area (Å²) in [7, 11) is 0. The molecule has 0 radical (unpaired) electrons. The van der Waals surface area contributed by atoms with Gasteiger partial charge in [0.2, 0.25) is 5.91 Å². The van der Waals surface area contributed by atoms with E-state index in [-0.39, 0.29) is 24.0 Å². The van der Waals surface area contributed by atoms with Gasteiger partial charge >= 0.3 is 6.09 Å². The van der Waals surface area contributed by atoms with E-state index >= 15 is 0 Å². The van der Waals surface area contributed by atoms with Crippen molar-refractivity contribution >= 4 is 23.8 Å². The van der Waals surface area contributed by atoms with Crippen LogP contribution in [0, 0.1) is 5.92 Å². The van der Waals surface area contributed by atoms with Gasteiger partial charge in [-0.05, 0) is 20.8 Å². The van der Waals surface area contributed by atoms with E-state index in [0.717, 1.165) is 11.5 Å². The topological polar surface area (TPSA) is 67.4 Å². The molecule has 18 heavy (non-hydrogen) atoms. The lowest BCUT2D eigenvalue weighted by atomic mass is 9.94. The minimum absolute atomic E-state index is 0.122. The lowest BCUT2D eigenvalue weighted by Gasteiger charge is -2.34. The molecule has 0 aromatic heterocycles. The van der Waals surface area contributed by atoms with Crippen LogP contribution in [-0.2, 0) is 9.53 Å². The molecule has 2 atom stereocenters. The number of thioether (sulfide) groups is 1. The molecule has 1 heterocycles. The van der Waals surface area contributed by atoms with Gasteiger partial charge in [0.1, 0.15) is 5.60 Å². The zero-order valence-corrected chi connectivity index (χ0v) is 12.2. The summed E-state index contributed by atoms with van der Waals surface area (Å²) in [5, 5.41) is 5.55. The van der Waals surface area contributed by atoms with Gasteiger partial charge in [-0.25, -0.2) is 4.79 Å². The highest BCUT2D eigenvalue weighted by Gasteiger charge is 2.34. The van der Waals surface area contributed by atoms with Crippen molar-refractivity contribution in [1.29, 1.82) is 0 Å². The normalized spacial score (nSPS) is 23.0. The maximum Gasteiger partial charge on any atom is 0.407 e. The number of carbonyl (C=O) groups excluding carboxylic acids is 2. The Morgan fingerprint density at radius 1 is 1.50 bits per heavy atom. The van der Waals surface area contributed by atoms with Gasteiger partial charge in [-0.2, -0.15) is 11.8 Å². The van der Waals surface area contributed by atoms with Crippen molar-refractivity contribution in [1.82, 2.24) is 10.6 Å². The maximum atomic E-state index is 11.3. The van der Waals surface area contributed by atoms with E-state index in [1.165, 1.54) is 0 Å². The fourth-order valence-corrected chi connectivity index (χ4v) is 2.50. The van der Waals surface area contributed by atoms with Gasteiger partial charge in [-0.1, -0.05) is 6.92 Å². The Morgan fingerprint density at radius 3 is 2.67 bits per heavy atom. The minimum Gasteiger partial charge on any atom is -0.444 e. The van der Waals surface area contributed by atoms with E-state index in [2.05, 4.69) is 10.6 Å². The van der Waals surface area contributed by atoms with Crippen LogP contribution >= 0.6 is 11.8 Å². The second-order valence-corrected chi connectivity index (χ2v) is 6.56. The molecule has 1 rings (SSSR count). The van der Waals surface area contributed by atoms with E-state index in [0.29, 0.717) is 6.54 Å². The highest BCUT2D eigenvalue weighted by molar-refractivity contribution is 7.99. The van der Waals surface area contributed by atoms with Crippen LogP contribution in [0.2, 0.25) is 0 Å². The molecule has 0 spiro atoms. The average molecular weight is 274 g/mol. The summed E-state index contributed by atoms with van der Waals surface area (Å²) in [5.74, 6) is 1.96.